The SMILES string of the molecule is c1ccc(-c2nc(-c3ccc(-c4nc(-c5ccc6ccccc6c5)nc(-c5ccc6c(c5)c5ccccc5n6-c5ccccc5)n4)cc3)nc3c2sc2ccccc23)cc1. The normalized spacial score (nSPS) is 11.7. The van der Waals surface area contributed by atoms with E-state index in [-0.39, 0.29) is 0 Å². The highest BCUT2D eigenvalue weighted by Gasteiger charge is 2.19. The Labute approximate surface area is 348 Å². The summed E-state index contributed by atoms with van der Waals surface area (Å²) >= 11 is 1.74. The molecule has 0 spiro atoms. The van der Waals surface area contributed by atoms with Crippen LogP contribution in [0.2, 0.25) is 0 Å². The van der Waals surface area contributed by atoms with Gasteiger partial charge in [-0.1, -0.05) is 146 Å². The first-order valence-electron chi connectivity index (χ1n) is 19.9. The van der Waals surface area contributed by atoms with Crippen LogP contribution in [0.3, 0.4) is 0 Å². The van der Waals surface area contributed by atoms with Gasteiger partial charge in [0.1, 0.15) is 0 Å². The second-order valence-electron chi connectivity index (χ2n) is 14.9. The van der Waals surface area contributed by atoms with Gasteiger partial charge in [-0.3, -0.25) is 0 Å². The summed E-state index contributed by atoms with van der Waals surface area (Å²) in [5.74, 6) is 2.48. The summed E-state index contributed by atoms with van der Waals surface area (Å²) in [5.41, 5.74) is 9.99. The van der Waals surface area contributed by atoms with Gasteiger partial charge >= 0.3 is 0 Å². The van der Waals surface area contributed by atoms with Crippen LogP contribution in [0.4, 0.5) is 0 Å². The predicted molar refractivity (Wildman–Crippen MR) is 247 cm³/mol. The van der Waals surface area contributed by atoms with E-state index >= 15 is 0 Å². The molecule has 0 aliphatic rings. The first-order chi connectivity index (χ1) is 29.7. The van der Waals surface area contributed by atoms with Crippen LogP contribution in [0.15, 0.2) is 194 Å². The average molecular weight is 785 g/mol. The van der Waals surface area contributed by atoms with Gasteiger partial charge in [0.25, 0.3) is 0 Å². The van der Waals surface area contributed by atoms with Crippen LogP contribution in [0, 0.1) is 0 Å². The maximum Gasteiger partial charge on any atom is 0.164 e. The molecule has 6 nitrogen and oxygen atoms in total. The molecule has 0 atom stereocenters. The molecule has 0 bridgehead atoms. The third-order valence-corrected chi connectivity index (χ3v) is 12.4. The number of fused-ring (bicyclic) bond motifs is 7. The van der Waals surface area contributed by atoms with Gasteiger partial charge in [0, 0.05) is 54.4 Å². The van der Waals surface area contributed by atoms with Crippen LogP contribution in [-0.2, 0) is 0 Å². The number of rotatable bonds is 6. The molecule has 0 N–H and O–H groups in total. The molecule has 0 saturated heterocycles. The zero-order valence-corrected chi connectivity index (χ0v) is 32.9. The zero-order valence-electron chi connectivity index (χ0n) is 32.1. The number of benzene rings is 8. The first-order valence-corrected chi connectivity index (χ1v) is 20.7. The number of nitrogens with zero attached hydrogens (tertiary/aromatic N) is 6. The summed E-state index contributed by atoms with van der Waals surface area (Å²) in [7, 11) is 0. The second kappa shape index (κ2) is 13.9. The van der Waals surface area contributed by atoms with Crippen molar-refractivity contribution in [2.45, 2.75) is 0 Å². The van der Waals surface area contributed by atoms with Crippen molar-refractivity contribution in [3.63, 3.8) is 0 Å². The maximum atomic E-state index is 5.20. The molecule has 7 heteroatoms. The molecule has 12 rings (SSSR count). The van der Waals surface area contributed by atoms with Crippen LogP contribution >= 0.6 is 11.3 Å². The molecule has 60 heavy (non-hydrogen) atoms. The van der Waals surface area contributed by atoms with E-state index in [9.17, 15) is 0 Å². The van der Waals surface area contributed by atoms with Crippen molar-refractivity contribution >= 4 is 64.2 Å². The van der Waals surface area contributed by atoms with Crippen molar-refractivity contribution in [3.05, 3.63) is 194 Å². The summed E-state index contributed by atoms with van der Waals surface area (Å²) in [5, 5.41) is 5.73. The van der Waals surface area contributed by atoms with Crippen molar-refractivity contribution in [2.24, 2.45) is 0 Å². The molecule has 8 aromatic carbocycles. The fourth-order valence-electron chi connectivity index (χ4n) is 8.34. The zero-order chi connectivity index (χ0) is 39.6. The summed E-state index contributed by atoms with van der Waals surface area (Å²) in [4.78, 5) is 25.8. The lowest BCUT2D eigenvalue weighted by molar-refractivity contribution is 1.07. The van der Waals surface area contributed by atoms with E-state index in [1.165, 1.54) is 10.1 Å². The van der Waals surface area contributed by atoms with Crippen molar-refractivity contribution < 1.29 is 0 Å². The van der Waals surface area contributed by atoms with Crippen LogP contribution in [0.5, 0.6) is 0 Å². The Morgan fingerprint density at radius 1 is 0.350 bits per heavy atom. The first kappa shape index (κ1) is 34.2. The lowest BCUT2D eigenvalue weighted by Gasteiger charge is -2.11. The minimum Gasteiger partial charge on any atom is -0.309 e. The molecule has 0 saturated carbocycles. The van der Waals surface area contributed by atoms with Crippen molar-refractivity contribution in [1.29, 1.82) is 0 Å². The Morgan fingerprint density at radius 3 is 1.67 bits per heavy atom. The van der Waals surface area contributed by atoms with Gasteiger partial charge in [0.2, 0.25) is 0 Å². The smallest absolute Gasteiger partial charge is 0.164 e. The Bertz CT molecular complexity index is 3590. The molecule has 280 valence electrons. The monoisotopic (exact) mass is 784 g/mol. The lowest BCUT2D eigenvalue weighted by Crippen LogP contribution is -2.00. The van der Waals surface area contributed by atoms with Gasteiger partial charge in [-0.2, -0.15) is 0 Å². The van der Waals surface area contributed by atoms with Gasteiger partial charge in [-0.15, -0.1) is 11.3 Å². The minimum absolute atomic E-state index is 0.590. The quantitative estimate of drug-likeness (QED) is 0.168. The molecule has 0 aliphatic carbocycles. The summed E-state index contributed by atoms with van der Waals surface area (Å²) in [6, 6.07) is 67.4. The summed E-state index contributed by atoms with van der Waals surface area (Å²) < 4.78 is 4.60. The largest absolute Gasteiger partial charge is 0.309 e. The van der Waals surface area contributed by atoms with E-state index in [1.54, 1.807) is 11.3 Å². The van der Waals surface area contributed by atoms with E-state index < -0.39 is 0 Å². The van der Waals surface area contributed by atoms with Crippen LogP contribution < -0.4 is 0 Å². The molecule has 4 heterocycles. The van der Waals surface area contributed by atoms with Gasteiger partial charge in [-0.25, -0.2) is 24.9 Å². The highest BCUT2D eigenvalue weighted by Crippen LogP contribution is 2.40. The number of hydrogen-bond donors (Lipinski definition) is 0. The lowest BCUT2D eigenvalue weighted by atomic mass is 10.1. The molecule has 0 fully saturated rings. The van der Waals surface area contributed by atoms with Crippen molar-refractivity contribution in [1.82, 2.24) is 29.5 Å². The number of thiophene rings is 1. The maximum absolute atomic E-state index is 5.20. The summed E-state index contributed by atoms with van der Waals surface area (Å²) in [6.07, 6.45) is 0. The van der Waals surface area contributed by atoms with Crippen molar-refractivity contribution in [3.8, 4) is 62.5 Å². The highest BCUT2D eigenvalue weighted by atomic mass is 32.1. The molecule has 0 unspecified atom stereocenters. The molecule has 0 aliphatic heterocycles. The minimum atomic E-state index is 0.590. The van der Waals surface area contributed by atoms with E-state index in [1.807, 2.05) is 6.07 Å². The third-order valence-electron chi connectivity index (χ3n) is 11.3. The van der Waals surface area contributed by atoms with E-state index in [2.05, 4.69) is 193 Å². The second-order valence-corrected chi connectivity index (χ2v) is 16.0. The Morgan fingerprint density at radius 2 is 0.900 bits per heavy atom. The number of aromatic nitrogens is 6. The van der Waals surface area contributed by atoms with Gasteiger partial charge in [-0.05, 0) is 59.3 Å². The summed E-state index contributed by atoms with van der Waals surface area (Å²) in [6.45, 7) is 0. The Balaban J connectivity index is 1.01. The van der Waals surface area contributed by atoms with Gasteiger partial charge < -0.3 is 4.57 Å². The fourth-order valence-corrected chi connectivity index (χ4v) is 9.49. The topological polar surface area (TPSA) is 69.4 Å². The van der Waals surface area contributed by atoms with Crippen LogP contribution in [0.1, 0.15) is 0 Å². The van der Waals surface area contributed by atoms with Crippen molar-refractivity contribution in [2.75, 3.05) is 0 Å². The molecular formula is C53H32N6S. The van der Waals surface area contributed by atoms with Crippen LogP contribution in [-0.4, -0.2) is 29.5 Å². The predicted octanol–water partition coefficient (Wildman–Crippen LogP) is 13.6. The van der Waals surface area contributed by atoms with Gasteiger partial charge in [0.15, 0.2) is 23.3 Å². The van der Waals surface area contributed by atoms with E-state index in [0.29, 0.717) is 23.3 Å². The average Bonchev–Trinajstić information content (AvgIpc) is 3.87. The Hall–Kier alpha value is -7.87. The number of para-hydroxylation sites is 2. The molecular weight excluding hydrogens is 753 g/mol. The van der Waals surface area contributed by atoms with E-state index in [0.717, 1.165) is 82.0 Å². The van der Waals surface area contributed by atoms with Gasteiger partial charge in [0.05, 0.1) is 26.9 Å². The highest BCUT2D eigenvalue weighted by molar-refractivity contribution is 7.26. The molecule has 12 aromatic rings. The Kier molecular flexibility index (Phi) is 7.92. The third kappa shape index (κ3) is 5.74. The van der Waals surface area contributed by atoms with E-state index in [4.69, 9.17) is 24.9 Å². The molecule has 0 radical (unpaired) electrons. The molecule has 4 aromatic heterocycles. The number of hydrogen-bond acceptors (Lipinski definition) is 6. The fraction of sp³-hybridized carbons (Fsp3) is 0. The standard InChI is InChI=1S/C53H32N6S/c1-3-14-34(15-4-1)47-49-48(42-20-10-12-22-46(42)60-49)55-50(54-47)35-24-26-36(27-25-35)51-56-52(38-28-23-33-13-7-8-16-37(33)31-38)58-53(57-51)39-29-30-45-43(32-39)41-19-9-11-21-44(41)59(45)40-17-5-2-6-18-40/h1-32H. The van der Waals surface area contributed by atoms with Crippen LogP contribution in [0.25, 0.3) is 115 Å². The molecule has 0 amide bonds.